The molecule has 0 heterocycles. The van der Waals surface area contributed by atoms with Crippen LogP contribution in [0.15, 0.2) is 24.3 Å². The summed E-state index contributed by atoms with van der Waals surface area (Å²) >= 11 is 0. The topological polar surface area (TPSA) is 82.1 Å². The molecule has 0 bridgehead atoms. The van der Waals surface area contributed by atoms with Gasteiger partial charge in [0.2, 0.25) is 0 Å². The second-order valence-corrected chi connectivity index (χ2v) is 20.5. The Morgan fingerprint density at radius 3 is 2.02 bits per heavy atom. The Labute approximate surface area is 281 Å². The second kappa shape index (κ2) is 19.0. The molecular weight excluding hydrogens is 593 g/mol. The van der Waals surface area contributed by atoms with Gasteiger partial charge in [0.1, 0.15) is 19.0 Å². The first-order chi connectivity index (χ1) is 22.0. The fourth-order valence-electron chi connectivity index (χ4n) is 7.70. The SMILES string of the molecule is C=C(C)C(=O)OCc1cc(C2CCC(C3CCC([Si](C)(C)CCCC)CC3)CC2)cc(COC(=O)C(C)C)c1OCCCCCO. The fourth-order valence-corrected chi connectivity index (χ4v) is 11.3. The molecule has 46 heavy (non-hydrogen) atoms. The molecule has 3 rings (SSSR count). The zero-order valence-corrected chi connectivity index (χ0v) is 31.0. The molecule has 0 aromatic heterocycles. The Morgan fingerprint density at radius 1 is 0.891 bits per heavy atom. The van der Waals surface area contributed by atoms with Crippen molar-refractivity contribution in [3.63, 3.8) is 0 Å². The summed E-state index contributed by atoms with van der Waals surface area (Å²) in [7, 11) is -1.12. The summed E-state index contributed by atoms with van der Waals surface area (Å²) < 4.78 is 17.7. The molecule has 1 aromatic rings. The predicted molar refractivity (Wildman–Crippen MR) is 190 cm³/mol. The summed E-state index contributed by atoms with van der Waals surface area (Å²) in [5.41, 5.74) is 4.21. The van der Waals surface area contributed by atoms with Crippen molar-refractivity contribution in [3.8, 4) is 5.75 Å². The number of carbonyl (C=O) groups excluding carboxylic acids is 2. The summed E-state index contributed by atoms with van der Waals surface area (Å²) in [4.78, 5) is 24.8. The molecule has 1 N–H and O–H groups in total. The van der Waals surface area contributed by atoms with Crippen molar-refractivity contribution in [3.05, 3.63) is 41.0 Å². The van der Waals surface area contributed by atoms with Gasteiger partial charge < -0.3 is 19.3 Å². The average molecular weight is 657 g/mol. The van der Waals surface area contributed by atoms with Gasteiger partial charge in [-0.25, -0.2) is 4.79 Å². The lowest BCUT2D eigenvalue weighted by molar-refractivity contribution is -0.148. The van der Waals surface area contributed by atoms with E-state index in [2.05, 4.69) is 38.7 Å². The Hall–Kier alpha value is -2.12. The summed E-state index contributed by atoms with van der Waals surface area (Å²) in [5.74, 6) is 1.84. The highest BCUT2D eigenvalue weighted by atomic mass is 28.3. The number of esters is 2. The van der Waals surface area contributed by atoms with E-state index in [1.54, 1.807) is 6.92 Å². The van der Waals surface area contributed by atoms with Gasteiger partial charge >= 0.3 is 11.9 Å². The number of aliphatic hydroxyl groups excluding tert-OH is 1. The molecule has 7 heteroatoms. The molecule has 0 aliphatic heterocycles. The molecule has 0 spiro atoms. The Kier molecular flexibility index (Phi) is 15.8. The molecule has 2 saturated carbocycles. The lowest BCUT2D eigenvalue weighted by Crippen LogP contribution is -2.36. The van der Waals surface area contributed by atoms with Gasteiger partial charge in [0, 0.05) is 23.3 Å². The molecule has 1 aromatic carbocycles. The second-order valence-electron chi connectivity index (χ2n) is 15.2. The van der Waals surface area contributed by atoms with Crippen LogP contribution in [0.3, 0.4) is 0 Å². The highest BCUT2D eigenvalue weighted by Crippen LogP contribution is 2.48. The fraction of sp³-hybridized carbons (Fsp3) is 0.744. The number of benzene rings is 1. The highest BCUT2D eigenvalue weighted by molar-refractivity contribution is 6.78. The van der Waals surface area contributed by atoms with E-state index in [0.29, 0.717) is 23.8 Å². The van der Waals surface area contributed by atoms with Crippen LogP contribution in [-0.4, -0.2) is 38.3 Å². The van der Waals surface area contributed by atoms with Gasteiger partial charge in [-0.05, 0) is 92.9 Å². The minimum absolute atomic E-state index is 0.0765. The molecule has 260 valence electrons. The first-order valence-corrected chi connectivity index (χ1v) is 21.6. The predicted octanol–water partition coefficient (Wildman–Crippen LogP) is 9.89. The molecule has 0 unspecified atom stereocenters. The van der Waals surface area contributed by atoms with Crippen LogP contribution < -0.4 is 4.74 Å². The molecule has 0 atom stereocenters. The molecule has 0 radical (unpaired) electrons. The third-order valence-electron chi connectivity index (χ3n) is 10.8. The van der Waals surface area contributed by atoms with Crippen molar-refractivity contribution in [2.45, 2.75) is 155 Å². The van der Waals surface area contributed by atoms with Crippen molar-refractivity contribution in [1.29, 1.82) is 0 Å². The number of aliphatic hydroxyl groups is 1. The lowest BCUT2D eigenvalue weighted by Gasteiger charge is -2.42. The Balaban J connectivity index is 1.75. The van der Waals surface area contributed by atoms with Gasteiger partial charge in [0.25, 0.3) is 0 Å². The number of rotatable bonds is 18. The van der Waals surface area contributed by atoms with Crippen molar-refractivity contribution in [1.82, 2.24) is 0 Å². The van der Waals surface area contributed by atoms with Gasteiger partial charge in [0.15, 0.2) is 0 Å². The van der Waals surface area contributed by atoms with Gasteiger partial charge in [-0.2, -0.15) is 0 Å². The van der Waals surface area contributed by atoms with E-state index >= 15 is 0 Å². The maximum absolute atomic E-state index is 12.5. The van der Waals surface area contributed by atoms with Crippen molar-refractivity contribution >= 4 is 20.0 Å². The summed E-state index contributed by atoms with van der Waals surface area (Å²) in [6.07, 6.45) is 15.6. The zero-order valence-electron chi connectivity index (χ0n) is 30.0. The molecule has 2 aliphatic rings. The normalized spacial score (nSPS) is 22.0. The monoisotopic (exact) mass is 656 g/mol. The maximum atomic E-state index is 12.5. The number of ether oxygens (including phenoxy) is 3. The maximum Gasteiger partial charge on any atom is 0.333 e. The van der Waals surface area contributed by atoms with Crippen LogP contribution in [0.1, 0.15) is 134 Å². The molecule has 2 aliphatic carbocycles. The van der Waals surface area contributed by atoms with Crippen LogP contribution >= 0.6 is 0 Å². The lowest BCUT2D eigenvalue weighted by atomic mass is 9.69. The first kappa shape index (κ1) is 38.3. The van der Waals surface area contributed by atoms with E-state index in [1.807, 2.05) is 13.8 Å². The molecule has 0 saturated heterocycles. The highest BCUT2D eigenvalue weighted by Gasteiger charge is 2.37. The quantitative estimate of drug-likeness (QED) is 0.0733. The minimum Gasteiger partial charge on any atom is -0.493 e. The largest absolute Gasteiger partial charge is 0.493 e. The van der Waals surface area contributed by atoms with Gasteiger partial charge in [-0.1, -0.05) is 85.0 Å². The molecular formula is C39H64O6Si. The number of hydrogen-bond acceptors (Lipinski definition) is 6. The van der Waals surface area contributed by atoms with E-state index < -0.39 is 14.0 Å². The smallest absolute Gasteiger partial charge is 0.333 e. The van der Waals surface area contributed by atoms with E-state index in [9.17, 15) is 14.7 Å². The van der Waals surface area contributed by atoms with Gasteiger partial charge in [0.05, 0.1) is 20.6 Å². The third-order valence-corrected chi connectivity index (χ3v) is 15.3. The van der Waals surface area contributed by atoms with Crippen LogP contribution in [0.4, 0.5) is 0 Å². The van der Waals surface area contributed by atoms with Crippen LogP contribution in [0.5, 0.6) is 5.75 Å². The van der Waals surface area contributed by atoms with E-state index in [4.69, 9.17) is 14.2 Å². The van der Waals surface area contributed by atoms with Crippen LogP contribution in [0.25, 0.3) is 0 Å². The summed E-state index contributed by atoms with van der Waals surface area (Å²) in [5, 5.41) is 9.17. The van der Waals surface area contributed by atoms with Crippen molar-refractivity contribution in [2.75, 3.05) is 13.2 Å². The first-order valence-electron chi connectivity index (χ1n) is 18.3. The van der Waals surface area contributed by atoms with Crippen molar-refractivity contribution < 1.29 is 28.9 Å². The average Bonchev–Trinajstić information content (AvgIpc) is 3.05. The van der Waals surface area contributed by atoms with Crippen molar-refractivity contribution in [2.24, 2.45) is 17.8 Å². The Morgan fingerprint density at radius 2 is 1.48 bits per heavy atom. The number of unbranched alkanes of at least 4 members (excludes halogenated alkanes) is 3. The standard InChI is InChI=1S/C39H64O6Si/c1-8-9-23-46(6,7)36-19-17-31(18-20-36)30-13-15-32(16-14-30)33-24-34(26-44-38(41)28(2)3)37(43-22-12-10-11-21-40)35(25-33)27-45-39(42)29(4)5/h24-25,29-32,36,40H,2,8-23,26-27H2,1,3-7H3. The van der Waals surface area contributed by atoms with E-state index in [-0.39, 0.29) is 31.7 Å². The van der Waals surface area contributed by atoms with Gasteiger partial charge in [-0.15, -0.1) is 0 Å². The summed E-state index contributed by atoms with van der Waals surface area (Å²) in [6, 6.07) is 5.81. The molecule has 2 fully saturated rings. The Bertz CT molecular complexity index is 1110. The van der Waals surface area contributed by atoms with E-state index in [1.165, 1.54) is 63.0 Å². The molecule has 6 nitrogen and oxygen atoms in total. The minimum atomic E-state index is -1.12. The summed E-state index contributed by atoms with van der Waals surface area (Å²) in [6.45, 7) is 17.5. The zero-order chi connectivity index (χ0) is 33.7. The van der Waals surface area contributed by atoms with E-state index in [0.717, 1.165) is 60.6 Å². The van der Waals surface area contributed by atoms with Crippen LogP contribution in [-0.2, 0) is 32.3 Å². The number of hydrogen-bond donors (Lipinski definition) is 1. The van der Waals surface area contributed by atoms with Gasteiger partial charge in [-0.3, -0.25) is 4.79 Å². The number of carbonyl (C=O) groups is 2. The molecule has 0 amide bonds. The third kappa shape index (κ3) is 11.5. The van der Waals surface area contributed by atoms with Crippen LogP contribution in [0, 0.1) is 17.8 Å². The van der Waals surface area contributed by atoms with Crippen LogP contribution in [0.2, 0.25) is 24.7 Å².